The molecule has 0 spiro atoms. The van der Waals surface area contributed by atoms with Crippen molar-refractivity contribution >= 4 is 16.8 Å². The number of aliphatic imine (C=N–C) groups is 1. The van der Waals surface area contributed by atoms with Crippen molar-refractivity contribution in [3.8, 4) is 0 Å². The summed E-state index contributed by atoms with van der Waals surface area (Å²) in [5.41, 5.74) is 1.14. The van der Waals surface area contributed by atoms with Crippen LogP contribution in [-0.4, -0.2) is 27.0 Å². The molecule has 2 unspecified atom stereocenters. The molecule has 3 heteroatoms. The van der Waals surface area contributed by atoms with Gasteiger partial charge in [0.1, 0.15) is 0 Å². The molecule has 1 heterocycles. The van der Waals surface area contributed by atoms with Crippen LogP contribution in [0, 0.1) is 0 Å². The lowest BCUT2D eigenvalue weighted by Crippen LogP contribution is -2.11. The summed E-state index contributed by atoms with van der Waals surface area (Å²) in [5.74, 6) is 0. The molecule has 14 heavy (non-hydrogen) atoms. The second-order valence-corrected chi connectivity index (χ2v) is 5.64. The van der Waals surface area contributed by atoms with Gasteiger partial charge in [0.05, 0.1) is 16.7 Å². The first kappa shape index (κ1) is 10.2. The second kappa shape index (κ2) is 3.38. The van der Waals surface area contributed by atoms with Gasteiger partial charge in [0.2, 0.25) is 0 Å². The Balaban J connectivity index is 2.12. The highest BCUT2D eigenvalue weighted by Crippen LogP contribution is 2.56. The molecule has 0 aromatic heterocycles. The molecule has 1 saturated carbocycles. The number of rotatable bonds is 3. The van der Waals surface area contributed by atoms with E-state index in [0.717, 1.165) is 18.4 Å². The maximum atomic E-state index is 9.66. The van der Waals surface area contributed by atoms with Crippen molar-refractivity contribution in [3.63, 3.8) is 0 Å². The lowest BCUT2D eigenvalue weighted by Gasteiger charge is -2.10. The van der Waals surface area contributed by atoms with Gasteiger partial charge in [0.15, 0.2) is 0 Å². The first-order chi connectivity index (χ1) is 6.57. The lowest BCUT2D eigenvalue weighted by molar-refractivity contribution is 0.206. The van der Waals surface area contributed by atoms with E-state index in [1.807, 2.05) is 25.6 Å². The molecule has 78 valence electrons. The average Bonchev–Trinajstić information content (AvgIpc) is 2.67. The highest BCUT2D eigenvalue weighted by Gasteiger charge is 2.57. The number of hydrogen-bond donors (Lipinski definition) is 1. The topological polar surface area (TPSA) is 32.6 Å². The minimum atomic E-state index is -0.285. The van der Waals surface area contributed by atoms with E-state index in [-0.39, 0.29) is 11.6 Å². The smallest absolute Gasteiger partial charge is 0.0935 e. The molecule has 0 bridgehead atoms. The third-order valence-electron chi connectivity index (χ3n) is 2.98. The second-order valence-electron chi connectivity index (χ2n) is 4.25. The van der Waals surface area contributed by atoms with Crippen LogP contribution in [0.15, 0.2) is 16.6 Å². The SMILES string of the molecule is CC[C@H](O)/C(C)=C/C12CC1SC(C)=N2. The first-order valence-corrected chi connectivity index (χ1v) is 6.06. The van der Waals surface area contributed by atoms with Crippen molar-refractivity contribution in [1.82, 2.24) is 0 Å². The first-order valence-electron chi connectivity index (χ1n) is 5.18. The molecule has 0 amide bonds. The van der Waals surface area contributed by atoms with Crippen molar-refractivity contribution in [3.05, 3.63) is 11.6 Å². The third-order valence-corrected chi connectivity index (χ3v) is 4.27. The summed E-state index contributed by atoms with van der Waals surface area (Å²) in [4.78, 5) is 4.64. The molecule has 2 aliphatic rings. The minimum absolute atomic E-state index is 0.0645. The summed E-state index contributed by atoms with van der Waals surface area (Å²) in [5, 5.41) is 11.5. The summed E-state index contributed by atoms with van der Waals surface area (Å²) in [7, 11) is 0. The number of fused-ring (bicyclic) bond motifs is 1. The number of nitrogens with zero attached hydrogens (tertiary/aromatic N) is 1. The molecule has 0 saturated heterocycles. The van der Waals surface area contributed by atoms with E-state index in [1.54, 1.807) is 0 Å². The van der Waals surface area contributed by atoms with Crippen LogP contribution in [0.1, 0.15) is 33.6 Å². The van der Waals surface area contributed by atoms with E-state index >= 15 is 0 Å². The quantitative estimate of drug-likeness (QED) is 0.727. The summed E-state index contributed by atoms with van der Waals surface area (Å²) in [6.45, 7) is 6.08. The van der Waals surface area contributed by atoms with E-state index in [0.29, 0.717) is 5.25 Å². The summed E-state index contributed by atoms with van der Waals surface area (Å²) in [6.07, 6.45) is 3.84. The molecular formula is C11H17NOS. The van der Waals surface area contributed by atoms with Gasteiger partial charge in [-0.1, -0.05) is 13.0 Å². The van der Waals surface area contributed by atoms with Crippen molar-refractivity contribution in [2.45, 2.75) is 50.5 Å². The third kappa shape index (κ3) is 1.63. The van der Waals surface area contributed by atoms with Gasteiger partial charge >= 0.3 is 0 Å². The Morgan fingerprint density at radius 2 is 2.57 bits per heavy atom. The Morgan fingerprint density at radius 1 is 1.86 bits per heavy atom. The normalized spacial score (nSPS) is 37.9. The van der Waals surface area contributed by atoms with Gasteiger partial charge in [-0.3, -0.25) is 4.99 Å². The standard InChI is InChI=1S/C11H17NOS/c1-4-9(13)7(2)5-11-6-10(11)14-8(3)12-11/h5,9-10,13H,4,6H2,1-3H3/b7-5+/t9-,10?,11?/m0/s1. The van der Waals surface area contributed by atoms with E-state index in [2.05, 4.69) is 18.0 Å². The fraction of sp³-hybridized carbons (Fsp3) is 0.727. The van der Waals surface area contributed by atoms with E-state index < -0.39 is 0 Å². The van der Waals surface area contributed by atoms with Crippen LogP contribution in [0.3, 0.4) is 0 Å². The molecule has 0 radical (unpaired) electrons. The predicted octanol–water partition coefficient (Wildman–Crippen LogP) is 2.38. The Bertz CT molecular complexity index is 310. The monoisotopic (exact) mass is 211 g/mol. The fourth-order valence-corrected chi connectivity index (χ4v) is 3.33. The lowest BCUT2D eigenvalue weighted by atomic mass is 10.1. The number of aliphatic hydroxyl groups is 1. The average molecular weight is 211 g/mol. The van der Waals surface area contributed by atoms with Crippen LogP contribution < -0.4 is 0 Å². The molecule has 1 fully saturated rings. The van der Waals surface area contributed by atoms with Gasteiger partial charge in [-0.2, -0.15) is 0 Å². The molecule has 2 rings (SSSR count). The number of aliphatic hydroxyl groups excluding tert-OH is 1. The number of thioether (sulfide) groups is 1. The zero-order valence-electron chi connectivity index (χ0n) is 8.95. The van der Waals surface area contributed by atoms with Crippen molar-refractivity contribution in [1.29, 1.82) is 0 Å². The van der Waals surface area contributed by atoms with Crippen molar-refractivity contribution in [2.24, 2.45) is 4.99 Å². The molecule has 1 aliphatic carbocycles. The van der Waals surface area contributed by atoms with Crippen molar-refractivity contribution < 1.29 is 5.11 Å². The molecule has 0 aromatic rings. The van der Waals surface area contributed by atoms with Crippen LogP contribution in [0.5, 0.6) is 0 Å². The maximum absolute atomic E-state index is 9.66. The van der Waals surface area contributed by atoms with E-state index in [1.165, 1.54) is 5.04 Å². The van der Waals surface area contributed by atoms with Gasteiger partial charge < -0.3 is 5.11 Å². The van der Waals surface area contributed by atoms with Crippen LogP contribution in [0.25, 0.3) is 0 Å². The maximum Gasteiger partial charge on any atom is 0.0935 e. The molecule has 2 nitrogen and oxygen atoms in total. The van der Waals surface area contributed by atoms with Crippen LogP contribution >= 0.6 is 11.8 Å². The molecule has 3 atom stereocenters. The highest BCUT2D eigenvalue weighted by atomic mass is 32.2. The van der Waals surface area contributed by atoms with Crippen LogP contribution in [-0.2, 0) is 0 Å². The Hall–Kier alpha value is -0.280. The largest absolute Gasteiger partial charge is 0.389 e. The van der Waals surface area contributed by atoms with Crippen LogP contribution in [0.4, 0.5) is 0 Å². The molecule has 1 N–H and O–H groups in total. The van der Waals surface area contributed by atoms with Gasteiger partial charge in [0, 0.05) is 5.25 Å². The van der Waals surface area contributed by atoms with E-state index in [9.17, 15) is 5.11 Å². The van der Waals surface area contributed by atoms with Gasteiger partial charge in [0.25, 0.3) is 0 Å². The molecular weight excluding hydrogens is 194 g/mol. The van der Waals surface area contributed by atoms with Crippen molar-refractivity contribution in [2.75, 3.05) is 0 Å². The van der Waals surface area contributed by atoms with Crippen LogP contribution in [0.2, 0.25) is 0 Å². The minimum Gasteiger partial charge on any atom is -0.389 e. The van der Waals surface area contributed by atoms with E-state index in [4.69, 9.17) is 0 Å². The summed E-state index contributed by atoms with van der Waals surface area (Å²) < 4.78 is 0. The molecule has 0 aromatic carbocycles. The molecule has 1 aliphatic heterocycles. The number of hydrogen-bond acceptors (Lipinski definition) is 3. The Morgan fingerprint density at radius 3 is 3.07 bits per heavy atom. The van der Waals surface area contributed by atoms with Gasteiger partial charge in [-0.05, 0) is 32.3 Å². The van der Waals surface area contributed by atoms with Gasteiger partial charge in [-0.25, -0.2) is 0 Å². The zero-order chi connectivity index (χ0) is 10.3. The Labute approximate surface area is 89.5 Å². The predicted molar refractivity (Wildman–Crippen MR) is 61.9 cm³/mol. The van der Waals surface area contributed by atoms with Gasteiger partial charge in [-0.15, -0.1) is 11.8 Å². The fourth-order valence-electron chi connectivity index (χ4n) is 2.02. The highest BCUT2D eigenvalue weighted by molar-refractivity contribution is 8.15. The summed E-state index contributed by atoms with van der Waals surface area (Å²) in [6, 6.07) is 0. The summed E-state index contributed by atoms with van der Waals surface area (Å²) >= 11 is 1.88. The zero-order valence-corrected chi connectivity index (χ0v) is 9.77. The Kier molecular flexibility index (Phi) is 2.48.